The van der Waals surface area contributed by atoms with E-state index in [1.165, 1.54) is 17.6 Å². The Morgan fingerprint density at radius 2 is 1.81 bits per heavy atom. The number of hydrogen-bond acceptors (Lipinski definition) is 9. The van der Waals surface area contributed by atoms with E-state index in [4.69, 9.17) is 13.9 Å². The standard InChI is InChI=1S/C25H30F2N4O5S/c1-23(2,3)36-22(32)31-14-6-7-15(31)13-30(12-14)21-28-19-18(35-25(26,27)24(4,5)33)9-8-16(20(19)34-21)17-10-11-37-29-17/h8-11,14-15,33H,6-7,12-13H2,1-5H3. The lowest BCUT2D eigenvalue weighted by Crippen LogP contribution is -2.56. The number of amides is 1. The molecule has 2 saturated heterocycles. The SMILES string of the molecule is CC(C)(C)OC(=O)N1C2CCC1CN(c1nc3c(OC(F)(F)C(C)(C)O)ccc(-c4ccsn4)c3o1)C2. The van der Waals surface area contributed by atoms with Crippen molar-refractivity contribution in [1.82, 2.24) is 14.3 Å². The van der Waals surface area contributed by atoms with Gasteiger partial charge in [0.15, 0.2) is 22.5 Å². The fourth-order valence-electron chi connectivity index (χ4n) is 4.68. The first-order valence-corrected chi connectivity index (χ1v) is 13.0. The van der Waals surface area contributed by atoms with Crippen molar-refractivity contribution in [3.63, 3.8) is 0 Å². The molecule has 0 radical (unpaired) electrons. The first kappa shape index (κ1) is 25.7. The first-order chi connectivity index (χ1) is 17.2. The highest BCUT2D eigenvalue weighted by atomic mass is 32.1. The lowest BCUT2D eigenvalue weighted by Gasteiger charge is -2.40. The maximum atomic E-state index is 14.6. The zero-order valence-corrected chi connectivity index (χ0v) is 22.1. The topological polar surface area (TPSA) is 101 Å². The lowest BCUT2D eigenvalue weighted by molar-refractivity contribution is -0.275. The van der Waals surface area contributed by atoms with E-state index in [-0.39, 0.29) is 41.0 Å². The Labute approximate surface area is 217 Å². The molecule has 1 N–H and O–H groups in total. The zero-order valence-electron chi connectivity index (χ0n) is 21.3. The predicted molar refractivity (Wildman–Crippen MR) is 134 cm³/mol. The second kappa shape index (κ2) is 8.80. The van der Waals surface area contributed by atoms with Crippen molar-refractivity contribution in [1.29, 1.82) is 0 Å². The summed E-state index contributed by atoms with van der Waals surface area (Å²) in [6, 6.07) is 4.84. The highest BCUT2D eigenvalue weighted by Crippen LogP contribution is 2.41. The molecule has 0 spiro atoms. The molecule has 200 valence electrons. The molecule has 2 atom stereocenters. The summed E-state index contributed by atoms with van der Waals surface area (Å²) in [5.74, 6) is -0.216. The largest absolute Gasteiger partial charge is 0.444 e. The summed E-state index contributed by atoms with van der Waals surface area (Å²) >= 11 is 1.25. The molecule has 2 bridgehead atoms. The van der Waals surface area contributed by atoms with Crippen LogP contribution in [0.3, 0.4) is 0 Å². The summed E-state index contributed by atoms with van der Waals surface area (Å²) in [5.41, 5.74) is -1.45. The Morgan fingerprint density at radius 3 is 2.38 bits per heavy atom. The van der Waals surface area contributed by atoms with Gasteiger partial charge in [-0.25, -0.2) is 4.79 Å². The van der Waals surface area contributed by atoms with Gasteiger partial charge in [-0.2, -0.15) is 18.1 Å². The quantitative estimate of drug-likeness (QED) is 0.470. The number of carbonyl (C=O) groups is 1. The van der Waals surface area contributed by atoms with E-state index in [1.807, 2.05) is 25.7 Å². The number of oxazole rings is 1. The number of rotatable bonds is 5. The predicted octanol–water partition coefficient (Wildman–Crippen LogP) is 5.28. The van der Waals surface area contributed by atoms with Crippen LogP contribution in [-0.2, 0) is 4.74 Å². The summed E-state index contributed by atoms with van der Waals surface area (Å²) < 4.78 is 50.4. The Kier molecular flexibility index (Phi) is 6.10. The first-order valence-electron chi connectivity index (χ1n) is 12.1. The van der Waals surface area contributed by atoms with Crippen molar-refractivity contribution in [2.75, 3.05) is 18.0 Å². The number of nitrogens with zero attached hydrogens (tertiary/aromatic N) is 4. The van der Waals surface area contributed by atoms with E-state index in [9.17, 15) is 18.7 Å². The monoisotopic (exact) mass is 536 g/mol. The number of hydrogen-bond donors (Lipinski definition) is 1. The average molecular weight is 537 g/mol. The third-order valence-electron chi connectivity index (χ3n) is 6.52. The molecule has 2 fully saturated rings. The number of aromatic nitrogens is 2. The summed E-state index contributed by atoms with van der Waals surface area (Å²) in [4.78, 5) is 21.1. The van der Waals surface area contributed by atoms with Gasteiger partial charge in [0.25, 0.3) is 6.01 Å². The maximum absolute atomic E-state index is 14.6. The van der Waals surface area contributed by atoms with Crippen molar-refractivity contribution in [2.45, 2.75) is 76.9 Å². The van der Waals surface area contributed by atoms with Crippen molar-refractivity contribution < 1.29 is 32.6 Å². The van der Waals surface area contributed by atoms with Crippen molar-refractivity contribution >= 4 is 34.7 Å². The normalized spacial score (nSPS) is 20.5. The molecular formula is C25H30F2N4O5S. The third kappa shape index (κ3) is 4.84. The summed E-state index contributed by atoms with van der Waals surface area (Å²) in [5, 5.41) is 11.7. The molecule has 12 heteroatoms. The molecular weight excluding hydrogens is 506 g/mol. The van der Waals surface area contributed by atoms with Gasteiger partial charge < -0.3 is 23.9 Å². The Hall–Kier alpha value is -2.99. The van der Waals surface area contributed by atoms with Gasteiger partial charge in [0.2, 0.25) is 0 Å². The van der Waals surface area contributed by atoms with Crippen LogP contribution in [-0.4, -0.2) is 67.9 Å². The fraction of sp³-hybridized carbons (Fsp3) is 0.560. The van der Waals surface area contributed by atoms with Crippen LogP contribution in [0.4, 0.5) is 19.6 Å². The van der Waals surface area contributed by atoms with Gasteiger partial charge >= 0.3 is 12.2 Å². The number of benzene rings is 1. The van der Waals surface area contributed by atoms with E-state index < -0.39 is 17.3 Å². The highest BCUT2D eigenvalue weighted by Gasteiger charge is 2.49. The molecule has 4 heterocycles. The van der Waals surface area contributed by atoms with Gasteiger partial charge in [-0.15, -0.1) is 0 Å². The van der Waals surface area contributed by atoms with Crippen LogP contribution in [0.15, 0.2) is 28.0 Å². The number of alkyl halides is 2. The molecule has 2 aliphatic heterocycles. The number of anilines is 1. The van der Waals surface area contributed by atoms with Crippen LogP contribution in [0.1, 0.15) is 47.5 Å². The number of fused-ring (bicyclic) bond motifs is 3. The molecule has 0 saturated carbocycles. The minimum atomic E-state index is -3.88. The van der Waals surface area contributed by atoms with E-state index in [0.717, 1.165) is 26.7 Å². The zero-order chi connectivity index (χ0) is 26.8. The minimum absolute atomic E-state index is 0.0862. The molecule has 37 heavy (non-hydrogen) atoms. The van der Waals surface area contributed by atoms with Gasteiger partial charge in [-0.05, 0) is 77.2 Å². The summed E-state index contributed by atoms with van der Waals surface area (Å²) in [7, 11) is 0. The number of carbonyl (C=O) groups excluding carboxylic acids is 1. The molecule has 2 aliphatic rings. The maximum Gasteiger partial charge on any atom is 0.426 e. The van der Waals surface area contributed by atoms with Crippen molar-refractivity contribution in [2.24, 2.45) is 0 Å². The average Bonchev–Trinajstić information content (AvgIpc) is 3.50. The lowest BCUT2D eigenvalue weighted by atomic mass is 10.1. The van der Waals surface area contributed by atoms with E-state index in [1.54, 1.807) is 22.4 Å². The van der Waals surface area contributed by atoms with E-state index >= 15 is 0 Å². The second-order valence-corrected chi connectivity index (χ2v) is 11.7. The van der Waals surface area contributed by atoms with Crippen LogP contribution in [0.5, 0.6) is 5.75 Å². The van der Waals surface area contributed by atoms with Crippen LogP contribution in [0, 0.1) is 0 Å². The fourth-order valence-corrected chi connectivity index (χ4v) is 5.20. The molecule has 2 aromatic heterocycles. The molecule has 2 unspecified atom stereocenters. The summed E-state index contributed by atoms with van der Waals surface area (Å²) in [6.45, 7) is 8.38. The van der Waals surface area contributed by atoms with Crippen LogP contribution < -0.4 is 9.64 Å². The van der Waals surface area contributed by atoms with Crippen LogP contribution in [0.25, 0.3) is 22.4 Å². The van der Waals surface area contributed by atoms with Crippen LogP contribution in [0.2, 0.25) is 0 Å². The molecule has 9 nitrogen and oxygen atoms in total. The number of aliphatic hydroxyl groups is 1. The second-order valence-electron chi connectivity index (χ2n) is 11.0. The highest BCUT2D eigenvalue weighted by molar-refractivity contribution is 7.03. The van der Waals surface area contributed by atoms with Gasteiger partial charge in [0.1, 0.15) is 5.60 Å². The minimum Gasteiger partial charge on any atom is -0.444 e. The molecule has 5 rings (SSSR count). The van der Waals surface area contributed by atoms with Crippen molar-refractivity contribution in [3.05, 3.63) is 23.6 Å². The Bertz CT molecular complexity index is 1280. The number of piperazine rings is 1. The number of halogens is 2. The number of ether oxygens (including phenoxy) is 2. The summed E-state index contributed by atoms with van der Waals surface area (Å²) in [6.07, 6.45) is -2.58. The third-order valence-corrected chi connectivity index (χ3v) is 7.08. The van der Waals surface area contributed by atoms with Gasteiger partial charge in [-0.3, -0.25) is 4.90 Å². The van der Waals surface area contributed by atoms with Crippen molar-refractivity contribution in [3.8, 4) is 17.0 Å². The van der Waals surface area contributed by atoms with E-state index in [2.05, 4.69) is 9.36 Å². The molecule has 0 aliphatic carbocycles. The van der Waals surface area contributed by atoms with Crippen LogP contribution >= 0.6 is 11.5 Å². The Morgan fingerprint density at radius 1 is 1.14 bits per heavy atom. The molecule has 1 aromatic carbocycles. The Balaban J connectivity index is 1.49. The smallest absolute Gasteiger partial charge is 0.426 e. The van der Waals surface area contributed by atoms with Gasteiger partial charge in [0, 0.05) is 24.0 Å². The van der Waals surface area contributed by atoms with E-state index in [0.29, 0.717) is 24.3 Å². The van der Waals surface area contributed by atoms with Gasteiger partial charge in [-0.1, -0.05) is 0 Å². The molecule has 1 amide bonds. The molecule has 3 aromatic rings. The van der Waals surface area contributed by atoms with Gasteiger partial charge in [0.05, 0.1) is 17.8 Å².